The third-order valence-corrected chi connectivity index (χ3v) is 11.4. The molecule has 0 unspecified atom stereocenters. The number of nitrogens with zero attached hydrogens (tertiary/aromatic N) is 3. The molecular formula is C57H59N3O. The summed E-state index contributed by atoms with van der Waals surface area (Å²) < 4.78 is 88.1. The van der Waals surface area contributed by atoms with Crippen molar-refractivity contribution in [3.8, 4) is 67.5 Å². The van der Waals surface area contributed by atoms with Gasteiger partial charge in [0.1, 0.15) is 11.6 Å². The minimum absolute atomic E-state index is 0.0373. The fourth-order valence-electron chi connectivity index (χ4n) is 7.84. The first-order chi connectivity index (χ1) is 32.9. The number of imidazole rings is 1. The summed E-state index contributed by atoms with van der Waals surface area (Å²) in [5.74, 6) is 0.630. The number of aromatic hydroxyl groups is 1. The fraction of sp³-hybridized carbons (Fsp3) is 0.263. The zero-order valence-corrected chi connectivity index (χ0v) is 36.9. The molecule has 0 bridgehead atoms. The van der Waals surface area contributed by atoms with Crippen LogP contribution in [0.25, 0.3) is 72.7 Å². The summed E-state index contributed by atoms with van der Waals surface area (Å²) in [6.07, 6.45) is -0.564. The van der Waals surface area contributed by atoms with E-state index in [-0.39, 0.29) is 27.8 Å². The van der Waals surface area contributed by atoms with E-state index in [1.165, 1.54) is 5.56 Å². The van der Waals surface area contributed by atoms with Crippen molar-refractivity contribution in [2.45, 2.75) is 99.3 Å². The van der Waals surface area contributed by atoms with E-state index in [0.717, 1.165) is 44.6 Å². The van der Waals surface area contributed by atoms with Gasteiger partial charge in [0, 0.05) is 27.0 Å². The smallest absolute Gasteiger partial charge is 0.149 e. The first kappa shape index (κ1) is 30.7. The first-order valence-corrected chi connectivity index (χ1v) is 20.7. The number of phenolic OH excluding ortho intramolecular Hbond substituents is 1. The Labute approximate surface area is 377 Å². The number of para-hydroxylation sites is 1. The number of aromatic nitrogens is 3. The Kier molecular flexibility index (Phi) is 7.72. The largest absolute Gasteiger partial charge is 0.507 e. The second-order valence-corrected chi connectivity index (χ2v) is 19.2. The molecule has 6 aromatic carbocycles. The molecule has 1 N–H and O–H groups in total. The van der Waals surface area contributed by atoms with E-state index < -0.39 is 65.8 Å². The van der Waals surface area contributed by atoms with E-state index in [0.29, 0.717) is 33.6 Å². The maximum Gasteiger partial charge on any atom is 0.149 e. The molecule has 0 atom stereocenters. The van der Waals surface area contributed by atoms with Crippen molar-refractivity contribution in [1.82, 2.24) is 14.5 Å². The van der Waals surface area contributed by atoms with E-state index in [4.69, 9.17) is 17.3 Å². The summed E-state index contributed by atoms with van der Waals surface area (Å²) in [6.45, 7) is 20.2. The highest BCUT2D eigenvalue weighted by Gasteiger charge is 2.26. The number of phenols is 1. The van der Waals surface area contributed by atoms with Crippen LogP contribution in [0.1, 0.15) is 109 Å². The zero-order chi connectivity index (χ0) is 52.2. The highest BCUT2D eigenvalue weighted by molar-refractivity contribution is 5.98. The van der Waals surface area contributed by atoms with E-state index in [9.17, 15) is 6.48 Å². The van der Waals surface area contributed by atoms with Crippen LogP contribution < -0.4 is 0 Å². The SMILES string of the molecule is [2H]c1nc(-c2cc(-c3cccc4c3nc(-c3cc(C)cc(C)c3O)n4-c3ccc(C(C)(C)C)cc3-c3ccc(C(C)(C)C)cc3)cc(C(C)(C)C)c2)c([2H])c(-c2c([2H])c([2H])c(C([2H])([2H])[2H])c([2H])c2[2H])c1[2H]. The molecule has 2 heterocycles. The van der Waals surface area contributed by atoms with Crippen LogP contribution in [0.4, 0.5) is 0 Å². The van der Waals surface area contributed by atoms with Crippen LogP contribution in [0, 0.1) is 20.7 Å². The lowest BCUT2D eigenvalue weighted by atomic mass is 9.83. The molecular weight excluding hydrogens is 743 g/mol. The predicted molar refractivity (Wildman–Crippen MR) is 258 cm³/mol. The maximum atomic E-state index is 11.9. The average Bonchev–Trinajstić information content (AvgIpc) is 3.67. The van der Waals surface area contributed by atoms with Crippen molar-refractivity contribution in [2.24, 2.45) is 0 Å². The zero-order valence-electron chi connectivity index (χ0n) is 46.9. The standard InChI is InChI=1S/C57H59N3O/c1-35-16-18-38(19-17-35)40-26-27-58-49(33-40)42-30-41(31-45(32-42)57(10,11)12)46-14-13-15-51-52(46)59-54(48-29-36(2)28-37(3)53(48)61)60(51)50-25-24-44(56(7,8)9)34-47(50)39-20-22-43(23-21-39)55(4,5)6/h13-34,61H,1-12H3/i1D3,16D,17D,18D,19D,26D,27D,33D. The van der Waals surface area contributed by atoms with Gasteiger partial charge < -0.3 is 5.11 Å². The molecule has 0 aliphatic rings. The van der Waals surface area contributed by atoms with E-state index >= 15 is 0 Å². The molecule has 0 saturated heterocycles. The second kappa shape index (κ2) is 15.3. The molecule has 0 amide bonds. The number of pyridine rings is 1. The van der Waals surface area contributed by atoms with Crippen molar-refractivity contribution in [3.05, 3.63) is 167 Å². The lowest BCUT2D eigenvalue weighted by Crippen LogP contribution is -2.12. The average molecular weight is 812 g/mol. The summed E-state index contributed by atoms with van der Waals surface area (Å²) in [4.78, 5) is 9.91. The fourth-order valence-corrected chi connectivity index (χ4v) is 7.84. The topological polar surface area (TPSA) is 50.9 Å². The van der Waals surface area contributed by atoms with Crippen LogP contribution in [-0.4, -0.2) is 19.6 Å². The van der Waals surface area contributed by atoms with Gasteiger partial charge in [-0.05, 0) is 135 Å². The van der Waals surface area contributed by atoms with E-state index in [2.05, 4.69) is 93.6 Å². The van der Waals surface area contributed by atoms with Gasteiger partial charge in [-0.3, -0.25) is 9.55 Å². The molecule has 4 nitrogen and oxygen atoms in total. The van der Waals surface area contributed by atoms with Crippen molar-refractivity contribution in [2.75, 3.05) is 0 Å². The van der Waals surface area contributed by atoms with Gasteiger partial charge in [0.25, 0.3) is 0 Å². The maximum absolute atomic E-state index is 11.9. The number of aryl methyl sites for hydroxylation is 2. The molecule has 8 aromatic rings. The Morgan fingerprint density at radius 2 is 1.25 bits per heavy atom. The van der Waals surface area contributed by atoms with Gasteiger partial charge >= 0.3 is 0 Å². The first-order valence-electron chi connectivity index (χ1n) is 25.7. The van der Waals surface area contributed by atoms with E-state index in [1.807, 2.05) is 83.1 Å². The van der Waals surface area contributed by atoms with Gasteiger partial charge in [-0.2, -0.15) is 0 Å². The van der Waals surface area contributed by atoms with Gasteiger partial charge in [0.05, 0.1) is 37.6 Å². The van der Waals surface area contributed by atoms with Crippen molar-refractivity contribution in [1.29, 1.82) is 0 Å². The molecule has 0 aliphatic heterocycles. The predicted octanol–water partition coefficient (Wildman–Crippen LogP) is 15.3. The Hall–Kier alpha value is -6.26. The molecule has 61 heavy (non-hydrogen) atoms. The lowest BCUT2D eigenvalue weighted by Gasteiger charge is -2.24. The summed E-state index contributed by atoms with van der Waals surface area (Å²) in [6, 6.07) is 26.7. The minimum Gasteiger partial charge on any atom is -0.507 e. The van der Waals surface area contributed by atoms with Crippen molar-refractivity contribution < 1.29 is 18.8 Å². The number of hydrogen-bond acceptors (Lipinski definition) is 3. The molecule has 0 radical (unpaired) electrons. The Balaban J connectivity index is 1.44. The number of hydrogen-bond donors (Lipinski definition) is 1. The molecule has 308 valence electrons. The van der Waals surface area contributed by atoms with Crippen molar-refractivity contribution in [3.63, 3.8) is 0 Å². The molecule has 0 fully saturated rings. The highest BCUT2D eigenvalue weighted by atomic mass is 16.3. The molecule has 0 spiro atoms. The third-order valence-electron chi connectivity index (χ3n) is 11.4. The van der Waals surface area contributed by atoms with Crippen LogP contribution in [0.15, 0.2) is 133 Å². The second-order valence-electron chi connectivity index (χ2n) is 19.2. The Morgan fingerprint density at radius 3 is 1.92 bits per heavy atom. The quantitative estimate of drug-likeness (QED) is 0.182. The third kappa shape index (κ3) is 8.16. The van der Waals surface area contributed by atoms with Crippen LogP contribution in [0.2, 0.25) is 0 Å². The van der Waals surface area contributed by atoms with Gasteiger partial charge in [-0.25, -0.2) is 4.98 Å². The van der Waals surface area contributed by atoms with Gasteiger partial charge in [-0.15, -0.1) is 0 Å². The minimum atomic E-state index is -2.96. The molecule has 4 heteroatoms. The van der Waals surface area contributed by atoms with Crippen LogP contribution in [0.3, 0.4) is 0 Å². The number of rotatable bonds is 6. The molecule has 8 rings (SSSR count). The number of benzene rings is 6. The van der Waals surface area contributed by atoms with Crippen LogP contribution in [0.5, 0.6) is 5.75 Å². The Morgan fingerprint density at radius 1 is 0.574 bits per heavy atom. The molecule has 2 aromatic heterocycles. The summed E-state index contributed by atoms with van der Waals surface area (Å²) >= 11 is 0. The number of fused-ring (bicyclic) bond motifs is 1. The summed E-state index contributed by atoms with van der Waals surface area (Å²) in [7, 11) is 0. The van der Waals surface area contributed by atoms with Gasteiger partial charge in [0.15, 0.2) is 0 Å². The molecule has 0 aliphatic carbocycles. The normalized spacial score (nSPS) is 14.9. The van der Waals surface area contributed by atoms with E-state index in [1.54, 1.807) is 0 Å². The van der Waals surface area contributed by atoms with Crippen LogP contribution >= 0.6 is 0 Å². The van der Waals surface area contributed by atoms with Gasteiger partial charge in [-0.1, -0.05) is 147 Å². The highest BCUT2D eigenvalue weighted by Crippen LogP contribution is 2.43. The Bertz CT molecular complexity index is 3430. The summed E-state index contributed by atoms with van der Waals surface area (Å²) in [5.41, 5.74) is 9.11. The monoisotopic (exact) mass is 812 g/mol. The lowest BCUT2D eigenvalue weighted by molar-refractivity contribution is 0.472. The van der Waals surface area contributed by atoms with Crippen LogP contribution in [-0.2, 0) is 16.2 Å². The molecule has 0 saturated carbocycles. The van der Waals surface area contributed by atoms with Gasteiger partial charge in [0.2, 0.25) is 0 Å². The summed E-state index contributed by atoms with van der Waals surface area (Å²) in [5, 5.41) is 11.9. The van der Waals surface area contributed by atoms with Crippen molar-refractivity contribution >= 4 is 11.0 Å².